The Morgan fingerprint density at radius 3 is 2.74 bits per heavy atom. The number of carbonyl (C=O) groups is 1. The number of nitrogens with one attached hydrogen (secondary N) is 1. The summed E-state index contributed by atoms with van der Waals surface area (Å²) in [5.74, 6) is 1.21. The van der Waals surface area contributed by atoms with Gasteiger partial charge in [0.05, 0.1) is 0 Å². The molecule has 0 spiro atoms. The highest BCUT2D eigenvalue weighted by Gasteiger charge is 2.20. The number of benzene rings is 1. The average molecular weight is 316 g/mol. The number of aryl methyl sites for hydroxylation is 2. The average Bonchev–Trinajstić information content (AvgIpc) is 2.92. The van der Waals surface area contributed by atoms with Crippen LogP contribution in [0.3, 0.4) is 0 Å². The number of anilines is 2. The Morgan fingerprint density at radius 1 is 1.35 bits per heavy atom. The normalized spacial score (nSPS) is 11.5. The monoisotopic (exact) mass is 316 g/mol. The molecule has 3 N–H and O–H groups in total. The van der Waals surface area contributed by atoms with Gasteiger partial charge in [-0.05, 0) is 31.0 Å². The molecule has 0 saturated heterocycles. The Kier molecular flexibility index (Phi) is 5.03. The van der Waals surface area contributed by atoms with E-state index in [1.807, 2.05) is 39.8 Å². The Balaban J connectivity index is 1.83. The van der Waals surface area contributed by atoms with Gasteiger partial charge in [0.1, 0.15) is 0 Å². The van der Waals surface area contributed by atoms with Crippen molar-refractivity contribution >= 4 is 17.3 Å². The van der Waals surface area contributed by atoms with E-state index in [0.717, 1.165) is 11.3 Å². The summed E-state index contributed by atoms with van der Waals surface area (Å²) in [6, 6.07) is 5.46. The number of hydrogen-bond donors (Lipinski definition) is 2. The van der Waals surface area contributed by atoms with Crippen molar-refractivity contribution in [2.75, 3.05) is 11.1 Å². The van der Waals surface area contributed by atoms with E-state index in [4.69, 9.17) is 10.3 Å². The maximum absolute atomic E-state index is 12.0. The third-order valence-electron chi connectivity index (χ3n) is 3.47. The summed E-state index contributed by atoms with van der Waals surface area (Å²) in [6.45, 7) is 8.02. The predicted octanol–water partition coefficient (Wildman–Crippen LogP) is 3.22. The van der Waals surface area contributed by atoms with Gasteiger partial charge in [-0.25, -0.2) is 0 Å². The van der Waals surface area contributed by atoms with Crippen molar-refractivity contribution in [3.8, 4) is 0 Å². The van der Waals surface area contributed by atoms with Crippen LogP contribution in [0, 0.1) is 6.92 Å². The van der Waals surface area contributed by atoms with Crippen molar-refractivity contribution in [2.24, 2.45) is 0 Å². The summed E-state index contributed by atoms with van der Waals surface area (Å²) in [4.78, 5) is 16.4. The molecule has 6 nitrogen and oxygen atoms in total. The molecule has 6 heteroatoms. The van der Waals surface area contributed by atoms with Gasteiger partial charge in [0.2, 0.25) is 11.8 Å². The number of nitrogens with zero attached hydrogens (tertiary/aromatic N) is 2. The number of nitrogen functional groups attached to an aromatic ring is 1. The first kappa shape index (κ1) is 17.0. The minimum atomic E-state index is -0.135. The van der Waals surface area contributed by atoms with E-state index in [-0.39, 0.29) is 11.3 Å². The fourth-order valence-electron chi connectivity index (χ4n) is 2.05. The third-order valence-corrected chi connectivity index (χ3v) is 3.47. The number of amides is 1. The molecule has 0 aliphatic carbocycles. The zero-order valence-electron chi connectivity index (χ0n) is 14.1. The van der Waals surface area contributed by atoms with Crippen molar-refractivity contribution in [1.82, 2.24) is 10.1 Å². The Morgan fingerprint density at radius 2 is 2.09 bits per heavy atom. The minimum Gasteiger partial charge on any atom is -0.399 e. The first-order valence-corrected chi connectivity index (χ1v) is 7.75. The van der Waals surface area contributed by atoms with Gasteiger partial charge in [0.15, 0.2) is 5.82 Å². The van der Waals surface area contributed by atoms with Crippen molar-refractivity contribution in [3.05, 3.63) is 35.5 Å². The highest BCUT2D eigenvalue weighted by Crippen LogP contribution is 2.20. The van der Waals surface area contributed by atoms with Crippen LogP contribution in [-0.2, 0) is 16.6 Å². The lowest BCUT2D eigenvalue weighted by atomic mass is 9.96. The molecule has 0 aliphatic heterocycles. The van der Waals surface area contributed by atoms with E-state index in [0.29, 0.717) is 36.7 Å². The molecule has 0 bridgehead atoms. The summed E-state index contributed by atoms with van der Waals surface area (Å²) in [5.41, 5.74) is 7.97. The smallest absolute Gasteiger partial charge is 0.226 e. The molecular weight excluding hydrogens is 292 g/mol. The van der Waals surface area contributed by atoms with E-state index in [9.17, 15) is 4.79 Å². The number of nitrogens with two attached hydrogens (primary N) is 1. The first-order chi connectivity index (χ1) is 10.8. The summed E-state index contributed by atoms with van der Waals surface area (Å²) < 4.78 is 5.22. The largest absolute Gasteiger partial charge is 0.399 e. The van der Waals surface area contributed by atoms with Crippen LogP contribution in [0.4, 0.5) is 11.4 Å². The number of carbonyl (C=O) groups excluding carboxylic acids is 1. The molecule has 1 amide bonds. The molecule has 0 radical (unpaired) electrons. The maximum atomic E-state index is 12.0. The molecular formula is C17H24N4O2. The van der Waals surface area contributed by atoms with Crippen LogP contribution in [0.15, 0.2) is 22.7 Å². The van der Waals surface area contributed by atoms with E-state index < -0.39 is 0 Å². The second-order valence-corrected chi connectivity index (χ2v) is 6.74. The first-order valence-electron chi connectivity index (χ1n) is 7.75. The topological polar surface area (TPSA) is 94.0 Å². The molecule has 1 aromatic heterocycles. The number of hydrogen-bond acceptors (Lipinski definition) is 5. The Labute approximate surface area is 136 Å². The SMILES string of the molecule is Cc1ccc(N)cc1NC(=O)CCCc1nc(C(C)(C)C)no1. The lowest BCUT2D eigenvalue weighted by molar-refractivity contribution is -0.116. The third kappa shape index (κ3) is 4.81. The van der Waals surface area contributed by atoms with Gasteiger partial charge in [-0.3, -0.25) is 4.79 Å². The van der Waals surface area contributed by atoms with Gasteiger partial charge in [-0.1, -0.05) is 32.0 Å². The Bertz CT molecular complexity index is 686. The van der Waals surface area contributed by atoms with Gasteiger partial charge in [0.25, 0.3) is 0 Å². The second kappa shape index (κ2) is 6.81. The van der Waals surface area contributed by atoms with E-state index in [1.165, 1.54) is 0 Å². The van der Waals surface area contributed by atoms with Crippen LogP contribution in [-0.4, -0.2) is 16.0 Å². The molecule has 0 aliphatic rings. The quantitative estimate of drug-likeness (QED) is 0.826. The fourth-order valence-corrected chi connectivity index (χ4v) is 2.05. The number of aromatic nitrogens is 2. The summed E-state index contributed by atoms with van der Waals surface area (Å²) in [5, 5.41) is 6.85. The van der Waals surface area contributed by atoms with E-state index >= 15 is 0 Å². The van der Waals surface area contributed by atoms with E-state index in [1.54, 1.807) is 6.07 Å². The minimum absolute atomic E-state index is 0.0470. The van der Waals surface area contributed by atoms with Crippen LogP contribution in [0.2, 0.25) is 0 Å². The van der Waals surface area contributed by atoms with Crippen molar-refractivity contribution in [3.63, 3.8) is 0 Å². The van der Waals surface area contributed by atoms with Gasteiger partial charge in [-0.2, -0.15) is 4.98 Å². The van der Waals surface area contributed by atoms with Crippen molar-refractivity contribution in [2.45, 2.75) is 52.4 Å². The molecule has 0 saturated carbocycles. The standard InChI is InChI=1S/C17H24N4O2/c1-11-8-9-12(18)10-13(11)19-14(22)6-5-7-15-20-16(21-23-15)17(2,3)4/h8-10H,5-7,18H2,1-4H3,(H,19,22). The molecule has 2 aromatic rings. The van der Waals surface area contributed by atoms with Gasteiger partial charge < -0.3 is 15.6 Å². The molecule has 1 aromatic carbocycles. The summed E-state index contributed by atoms with van der Waals surface area (Å²) in [6.07, 6.45) is 1.63. The fraction of sp³-hybridized carbons (Fsp3) is 0.471. The molecule has 0 fully saturated rings. The van der Waals surface area contributed by atoms with Gasteiger partial charge in [0, 0.05) is 29.6 Å². The van der Waals surface area contributed by atoms with Crippen LogP contribution in [0.1, 0.15) is 50.9 Å². The van der Waals surface area contributed by atoms with Crippen molar-refractivity contribution < 1.29 is 9.32 Å². The van der Waals surface area contributed by atoms with Crippen LogP contribution >= 0.6 is 0 Å². The number of rotatable bonds is 5. The molecule has 0 unspecified atom stereocenters. The highest BCUT2D eigenvalue weighted by molar-refractivity contribution is 5.91. The molecule has 0 atom stereocenters. The van der Waals surface area contributed by atoms with Crippen LogP contribution < -0.4 is 11.1 Å². The van der Waals surface area contributed by atoms with Gasteiger partial charge in [-0.15, -0.1) is 0 Å². The zero-order valence-corrected chi connectivity index (χ0v) is 14.1. The summed E-state index contributed by atoms with van der Waals surface area (Å²) in [7, 11) is 0. The lowest BCUT2D eigenvalue weighted by Crippen LogP contribution is -2.13. The second-order valence-electron chi connectivity index (χ2n) is 6.74. The zero-order chi connectivity index (χ0) is 17.0. The van der Waals surface area contributed by atoms with E-state index in [2.05, 4.69) is 15.5 Å². The summed E-state index contributed by atoms with van der Waals surface area (Å²) >= 11 is 0. The van der Waals surface area contributed by atoms with Crippen LogP contribution in [0.5, 0.6) is 0 Å². The molecule has 2 rings (SSSR count). The predicted molar refractivity (Wildman–Crippen MR) is 90.2 cm³/mol. The molecule has 1 heterocycles. The van der Waals surface area contributed by atoms with Crippen LogP contribution in [0.25, 0.3) is 0 Å². The van der Waals surface area contributed by atoms with Gasteiger partial charge >= 0.3 is 0 Å². The molecule has 23 heavy (non-hydrogen) atoms. The maximum Gasteiger partial charge on any atom is 0.226 e. The highest BCUT2D eigenvalue weighted by atomic mass is 16.5. The lowest BCUT2D eigenvalue weighted by Gasteiger charge is -2.10. The van der Waals surface area contributed by atoms with Crippen molar-refractivity contribution in [1.29, 1.82) is 0 Å². The molecule has 124 valence electrons. The Hall–Kier alpha value is -2.37.